The van der Waals surface area contributed by atoms with Gasteiger partial charge in [-0.1, -0.05) is 6.07 Å². The summed E-state index contributed by atoms with van der Waals surface area (Å²) in [6, 6.07) is 5.94. The summed E-state index contributed by atoms with van der Waals surface area (Å²) in [5.74, 6) is 0.276. The van der Waals surface area contributed by atoms with E-state index >= 15 is 0 Å². The van der Waals surface area contributed by atoms with Crippen LogP contribution < -0.4 is 16.2 Å². The van der Waals surface area contributed by atoms with Crippen molar-refractivity contribution in [2.24, 2.45) is 0 Å². The molecule has 2 heterocycles. The molecule has 7 nitrogen and oxygen atoms in total. The zero-order chi connectivity index (χ0) is 12.8. The van der Waals surface area contributed by atoms with Crippen molar-refractivity contribution in [2.45, 2.75) is 6.54 Å². The largest absolute Gasteiger partial charge is 0.334 e. The first-order chi connectivity index (χ1) is 8.74. The summed E-state index contributed by atoms with van der Waals surface area (Å²) in [6.07, 6.45) is 3.33. The van der Waals surface area contributed by atoms with Crippen molar-refractivity contribution in [3.63, 3.8) is 0 Å². The number of aromatic nitrogens is 3. The number of carbonyl (C=O) groups excluding carboxylic acids is 1. The summed E-state index contributed by atoms with van der Waals surface area (Å²) in [5, 5.41) is 11.0. The van der Waals surface area contributed by atoms with Crippen LogP contribution in [0.3, 0.4) is 0 Å². The van der Waals surface area contributed by atoms with Gasteiger partial charge < -0.3 is 5.32 Å². The number of aromatic amines is 1. The van der Waals surface area contributed by atoms with Gasteiger partial charge in [0.15, 0.2) is 5.82 Å². The van der Waals surface area contributed by atoms with Crippen LogP contribution in [0.4, 0.5) is 10.6 Å². The van der Waals surface area contributed by atoms with E-state index in [0.29, 0.717) is 6.54 Å². The lowest BCUT2D eigenvalue weighted by atomic mass is 10.3. The third kappa shape index (κ3) is 3.41. The Balaban J connectivity index is 1.86. The average molecular weight is 245 g/mol. The minimum atomic E-state index is -0.404. The summed E-state index contributed by atoms with van der Waals surface area (Å²) in [4.78, 5) is 26.2. The Labute approximate surface area is 102 Å². The van der Waals surface area contributed by atoms with Crippen LogP contribution in [0, 0.1) is 0 Å². The first kappa shape index (κ1) is 11.8. The number of hydrogen-bond donors (Lipinski definition) is 3. The van der Waals surface area contributed by atoms with Gasteiger partial charge in [0.1, 0.15) is 0 Å². The molecule has 2 amide bonds. The van der Waals surface area contributed by atoms with E-state index in [1.54, 1.807) is 18.5 Å². The zero-order valence-corrected chi connectivity index (χ0v) is 9.38. The molecule has 2 aromatic rings. The highest BCUT2D eigenvalue weighted by Gasteiger charge is 2.02. The molecule has 0 saturated heterocycles. The Bertz CT molecular complexity index is 561. The predicted octanol–water partition coefficient (Wildman–Crippen LogP) is 0.487. The van der Waals surface area contributed by atoms with Gasteiger partial charge in [0.05, 0.1) is 0 Å². The summed E-state index contributed by atoms with van der Waals surface area (Å²) >= 11 is 0. The van der Waals surface area contributed by atoms with Gasteiger partial charge in [-0.15, -0.1) is 0 Å². The normalized spacial score (nSPS) is 9.78. The lowest BCUT2D eigenvalue weighted by molar-refractivity contribution is 0.251. The minimum absolute atomic E-state index is 0.276. The molecule has 7 heteroatoms. The highest BCUT2D eigenvalue weighted by Crippen LogP contribution is 1.97. The van der Waals surface area contributed by atoms with E-state index in [-0.39, 0.29) is 11.4 Å². The van der Waals surface area contributed by atoms with Crippen molar-refractivity contribution in [3.8, 4) is 0 Å². The molecule has 3 N–H and O–H groups in total. The number of carbonyl (C=O) groups is 1. The molecule has 92 valence electrons. The Morgan fingerprint density at radius 1 is 1.33 bits per heavy atom. The summed E-state index contributed by atoms with van der Waals surface area (Å²) in [6.45, 7) is 0.364. The Morgan fingerprint density at radius 3 is 2.89 bits per heavy atom. The zero-order valence-electron chi connectivity index (χ0n) is 9.38. The monoisotopic (exact) mass is 245 g/mol. The Kier molecular flexibility index (Phi) is 3.65. The van der Waals surface area contributed by atoms with Crippen LogP contribution in [-0.2, 0) is 6.54 Å². The maximum atomic E-state index is 11.5. The van der Waals surface area contributed by atoms with Crippen molar-refractivity contribution in [1.82, 2.24) is 20.5 Å². The van der Waals surface area contributed by atoms with Crippen LogP contribution in [0.2, 0.25) is 0 Å². The highest BCUT2D eigenvalue weighted by atomic mass is 16.2. The quantitative estimate of drug-likeness (QED) is 0.732. The molecule has 2 rings (SSSR count). The number of rotatable bonds is 3. The standard InChI is InChI=1S/C11H11N5O2/c17-10-4-3-9(15-16-10)14-11(18)13-7-8-2-1-5-12-6-8/h1-6H,7H2,(H,16,17)(H2,13,14,15,18). The maximum absolute atomic E-state index is 11.5. The second-order valence-electron chi connectivity index (χ2n) is 3.48. The van der Waals surface area contributed by atoms with Gasteiger partial charge >= 0.3 is 6.03 Å². The molecule has 0 unspecified atom stereocenters. The fourth-order valence-corrected chi connectivity index (χ4v) is 1.26. The van der Waals surface area contributed by atoms with Crippen molar-refractivity contribution < 1.29 is 4.79 Å². The molecule has 0 atom stereocenters. The predicted molar refractivity (Wildman–Crippen MR) is 65.0 cm³/mol. The van der Waals surface area contributed by atoms with E-state index in [1.807, 2.05) is 6.07 Å². The second kappa shape index (κ2) is 5.58. The first-order valence-corrected chi connectivity index (χ1v) is 5.23. The molecule has 0 aromatic carbocycles. The van der Waals surface area contributed by atoms with E-state index in [9.17, 15) is 9.59 Å². The fourth-order valence-electron chi connectivity index (χ4n) is 1.26. The molecule has 2 aromatic heterocycles. The molecule has 0 aliphatic heterocycles. The molecule has 0 saturated carbocycles. The van der Waals surface area contributed by atoms with Crippen LogP contribution in [0.25, 0.3) is 0 Å². The van der Waals surface area contributed by atoms with Gasteiger partial charge in [-0.05, 0) is 17.7 Å². The Morgan fingerprint density at radius 2 is 2.22 bits per heavy atom. The average Bonchev–Trinajstić information content (AvgIpc) is 2.40. The molecule has 0 aliphatic carbocycles. The molecule has 0 spiro atoms. The number of pyridine rings is 1. The van der Waals surface area contributed by atoms with Crippen molar-refractivity contribution in [3.05, 3.63) is 52.6 Å². The van der Waals surface area contributed by atoms with Gasteiger partial charge in [0, 0.05) is 25.0 Å². The number of nitrogens with one attached hydrogen (secondary N) is 3. The van der Waals surface area contributed by atoms with Crippen molar-refractivity contribution in [1.29, 1.82) is 0 Å². The first-order valence-electron chi connectivity index (χ1n) is 5.23. The van der Waals surface area contributed by atoms with Crippen LogP contribution in [-0.4, -0.2) is 21.2 Å². The number of H-pyrrole nitrogens is 1. The number of urea groups is 1. The third-order valence-corrected chi connectivity index (χ3v) is 2.10. The molecule has 0 radical (unpaired) electrons. The van der Waals surface area contributed by atoms with Crippen molar-refractivity contribution >= 4 is 11.8 Å². The van der Waals surface area contributed by atoms with Crippen LogP contribution in [0.5, 0.6) is 0 Å². The van der Waals surface area contributed by atoms with Gasteiger partial charge in [-0.3, -0.25) is 15.1 Å². The third-order valence-electron chi connectivity index (χ3n) is 2.10. The van der Waals surface area contributed by atoms with Crippen LogP contribution in [0.15, 0.2) is 41.5 Å². The number of anilines is 1. The molecule has 0 aliphatic rings. The SMILES string of the molecule is O=C(NCc1cccnc1)Nc1ccc(=O)[nH]n1. The Hall–Kier alpha value is -2.70. The number of hydrogen-bond acceptors (Lipinski definition) is 4. The van der Waals surface area contributed by atoms with Crippen LogP contribution >= 0.6 is 0 Å². The second-order valence-corrected chi connectivity index (χ2v) is 3.48. The van der Waals surface area contributed by atoms with Crippen LogP contribution in [0.1, 0.15) is 5.56 Å². The van der Waals surface area contributed by atoms with Gasteiger partial charge in [0.2, 0.25) is 0 Å². The lowest BCUT2D eigenvalue weighted by Gasteiger charge is -2.06. The molecule has 0 fully saturated rings. The van der Waals surface area contributed by atoms with Gasteiger partial charge in [0.25, 0.3) is 5.56 Å². The molecule has 18 heavy (non-hydrogen) atoms. The van der Waals surface area contributed by atoms with Gasteiger partial charge in [-0.25, -0.2) is 9.89 Å². The van der Waals surface area contributed by atoms with Gasteiger partial charge in [-0.2, -0.15) is 5.10 Å². The number of nitrogens with zero attached hydrogens (tertiary/aromatic N) is 2. The summed E-state index contributed by atoms with van der Waals surface area (Å²) in [7, 11) is 0. The van der Waals surface area contributed by atoms with E-state index in [1.165, 1.54) is 12.1 Å². The van der Waals surface area contributed by atoms with Crippen molar-refractivity contribution in [2.75, 3.05) is 5.32 Å². The fraction of sp³-hybridized carbons (Fsp3) is 0.0909. The summed E-state index contributed by atoms with van der Waals surface area (Å²) < 4.78 is 0. The van der Waals surface area contributed by atoms with E-state index in [0.717, 1.165) is 5.56 Å². The molecule has 0 bridgehead atoms. The van der Waals surface area contributed by atoms with E-state index in [2.05, 4.69) is 25.8 Å². The lowest BCUT2D eigenvalue weighted by Crippen LogP contribution is -2.29. The van der Waals surface area contributed by atoms with E-state index in [4.69, 9.17) is 0 Å². The van der Waals surface area contributed by atoms with E-state index < -0.39 is 6.03 Å². The molecular weight excluding hydrogens is 234 g/mol. The summed E-state index contributed by atoms with van der Waals surface area (Å²) in [5.41, 5.74) is 0.568. The maximum Gasteiger partial charge on any atom is 0.320 e. The molecular formula is C11H11N5O2. The smallest absolute Gasteiger partial charge is 0.320 e. The topological polar surface area (TPSA) is 99.8 Å². The minimum Gasteiger partial charge on any atom is -0.334 e. The highest BCUT2D eigenvalue weighted by molar-refractivity contribution is 5.87. The number of amides is 2.